The smallest absolute Gasteiger partial charge is 0.325 e. The molecule has 102 valence electrons. The van der Waals surface area contributed by atoms with Crippen LogP contribution in [0, 0.1) is 0 Å². The van der Waals surface area contributed by atoms with Gasteiger partial charge in [0, 0.05) is 30.6 Å². The molecule has 7 nitrogen and oxygen atoms in total. The summed E-state index contributed by atoms with van der Waals surface area (Å²) in [6.07, 6.45) is 1.27. The molecule has 7 heteroatoms. The summed E-state index contributed by atoms with van der Waals surface area (Å²) < 4.78 is 0. The number of hydrogen-bond donors (Lipinski definition) is 2. The molecule has 0 saturated carbocycles. The minimum Gasteiger partial charge on any atom is -0.480 e. The molecule has 1 heterocycles. The fourth-order valence-electron chi connectivity index (χ4n) is 2.20. The molecule has 1 unspecified atom stereocenters. The fraction of sp³-hybridized carbons (Fsp3) is 0.909. The van der Waals surface area contributed by atoms with E-state index in [1.165, 1.54) is 0 Å². The Morgan fingerprint density at radius 3 is 2.89 bits per heavy atom. The van der Waals surface area contributed by atoms with Crippen LogP contribution in [-0.4, -0.2) is 53.7 Å². The molecule has 1 fully saturated rings. The Morgan fingerprint density at radius 1 is 1.67 bits per heavy atom. The van der Waals surface area contributed by atoms with Gasteiger partial charge in [-0.05, 0) is 38.8 Å². The van der Waals surface area contributed by atoms with E-state index in [4.69, 9.17) is 5.53 Å². The molecule has 18 heavy (non-hydrogen) atoms. The summed E-state index contributed by atoms with van der Waals surface area (Å²) >= 11 is 0. The average Bonchev–Trinajstić information content (AvgIpc) is 2.75. The molecule has 0 bridgehead atoms. The molecule has 2 N–H and O–H groups in total. The maximum absolute atomic E-state index is 11.4. The number of hydrogen-bond acceptors (Lipinski definition) is 4. The molecular weight excluding hydrogens is 234 g/mol. The van der Waals surface area contributed by atoms with E-state index in [2.05, 4.69) is 34.1 Å². The third-order valence-corrected chi connectivity index (χ3v) is 3.40. The Morgan fingerprint density at radius 2 is 2.39 bits per heavy atom. The van der Waals surface area contributed by atoms with Crippen LogP contribution in [0.1, 0.15) is 26.7 Å². The topological polar surface area (TPSA) is 101 Å². The van der Waals surface area contributed by atoms with E-state index < -0.39 is 11.5 Å². The first-order valence-corrected chi connectivity index (χ1v) is 6.25. The predicted octanol–water partition coefficient (Wildman–Crippen LogP) is 1.21. The summed E-state index contributed by atoms with van der Waals surface area (Å²) in [5.41, 5.74) is 7.30. The largest absolute Gasteiger partial charge is 0.480 e. The number of carboxylic acid groups (broad SMARTS) is 1. The molecule has 0 aliphatic carbocycles. The third kappa shape index (κ3) is 3.60. The van der Waals surface area contributed by atoms with Gasteiger partial charge in [0.1, 0.15) is 5.54 Å². The minimum absolute atomic E-state index is 0.358. The van der Waals surface area contributed by atoms with Crippen LogP contribution < -0.4 is 5.32 Å². The van der Waals surface area contributed by atoms with Gasteiger partial charge in [-0.15, -0.1) is 0 Å². The van der Waals surface area contributed by atoms with E-state index in [-0.39, 0.29) is 0 Å². The quantitative estimate of drug-likeness (QED) is 0.309. The number of likely N-dealkylation sites (tertiary alicyclic amines) is 1. The molecule has 1 saturated heterocycles. The molecule has 0 spiro atoms. The van der Waals surface area contributed by atoms with Crippen molar-refractivity contribution < 1.29 is 9.90 Å². The normalized spacial score (nSPS) is 24.2. The van der Waals surface area contributed by atoms with Crippen molar-refractivity contribution in [2.75, 3.05) is 26.2 Å². The van der Waals surface area contributed by atoms with Crippen LogP contribution in [0.15, 0.2) is 5.11 Å². The SMILES string of the molecule is CC(C)N1CCC(NCCCN=[N+]=[N-])(C(=O)O)C1. The van der Waals surface area contributed by atoms with E-state index >= 15 is 0 Å². The Bertz CT molecular complexity index is 340. The number of aliphatic carboxylic acids is 1. The predicted molar refractivity (Wildman–Crippen MR) is 68.3 cm³/mol. The van der Waals surface area contributed by atoms with E-state index in [9.17, 15) is 9.90 Å². The third-order valence-electron chi connectivity index (χ3n) is 3.40. The van der Waals surface area contributed by atoms with Gasteiger partial charge in [0.25, 0.3) is 0 Å². The Labute approximate surface area is 107 Å². The van der Waals surface area contributed by atoms with Crippen LogP contribution in [0.2, 0.25) is 0 Å². The number of azide groups is 1. The molecule has 1 atom stereocenters. The van der Waals surface area contributed by atoms with Gasteiger partial charge in [-0.3, -0.25) is 9.69 Å². The molecule has 1 aliphatic rings. The average molecular weight is 255 g/mol. The van der Waals surface area contributed by atoms with Crippen LogP contribution in [-0.2, 0) is 4.79 Å². The number of carbonyl (C=O) groups is 1. The van der Waals surface area contributed by atoms with Crippen LogP contribution >= 0.6 is 0 Å². The van der Waals surface area contributed by atoms with Crippen molar-refractivity contribution in [1.82, 2.24) is 10.2 Å². The van der Waals surface area contributed by atoms with Crippen LogP contribution in [0.25, 0.3) is 10.4 Å². The zero-order chi connectivity index (χ0) is 13.6. The lowest BCUT2D eigenvalue weighted by Gasteiger charge is -2.27. The Kier molecular flexibility index (Phi) is 5.40. The molecule has 1 rings (SSSR count). The first-order valence-electron chi connectivity index (χ1n) is 6.25. The van der Waals surface area contributed by atoms with E-state index in [1.807, 2.05) is 0 Å². The Hall–Kier alpha value is -1.30. The van der Waals surface area contributed by atoms with Gasteiger partial charge in [-0.1, -0.05) is 5.11 Å². The highest BCUT2D eigenvalue weighted by Crippen LogP contribution is 2.23. The van der Waals surface area contributed by atoms with Gasteiger partial charge in [0.2, 0.25) is 0 Å². The lowest BCUT2D eigenvalue weighted by molar-refractivity contribution is -0.144. The standard InChI is InChI=1S/C11H21N5O2/c1-9(2)16-7-4-11(8-16,10(17)18)13-5-3-6-14-15-12/h9,13H,3-8H2,1-2H3,(H,17,18). The highest BCUT2D eigenvalue weighted by atomic mass is 16.4. The monoisotopic (exact) mass is 255 g/mol. The number of carboxylic acids is 1. The van der Waals surface area contributed by atoms with Crippen molar-refractivity contribution in [3.63, 3.8) is 0 Å². The minimum atomic E-state index is -0.847. The second-order valence-corrected chi connectivity index (χ2v) is 4.94. The van der Waals surface area contributed by atoms with Crippen molar-refractivity contribution in [2.24, 2.45) is 5.11 Å². The molecule has 0 aromatic rings. The van der Waals surface area contributed by atoms with Crippen molar-refractivity contribution in [2.45, 2.75) is 38.3 Å². The molecular formula is C11H21N5O2. The molecule has 1 aliphatic heterocycles. The zero-order valence-electron chi connectivity index (χ0n) is 11.0. The van der Waals surface area contributed by atoms with Gasteiger partial charge in [0.15, 0.2) is 0 Å². The summed E-state index contributed by atoms with van der Waals surface area (Å²) in [6, 6.07) is 0.358. The van der Waals surface area contributed by atoms with Crippen molar-refractivity contribution >= 4 is 5.97 Å². The number of nitrogens with one attached hydrogen (secondary N) is 1. The van der Waals surface area contributed by atoms with Crippen molar-refractivity contribution in [3.8, 4) is 0 Å². The molecule has 0 amide bonds. The molecule has 0 radical (unpaired) electrons. The van der Waals surface area contributed by atoms with E-state index in [0.29, 0.717) is 38.5 Å². The second-order valence-electron chi connectivity index (χ2n) is 4.94. The maximum atomic E-state index is 11.4. The van der Waals surface area contributed by atoms with Gasteiger partial charge in [-0.25, -0.2) is 0 Å². The summed E-state index contributed by atoms with van der Waals surface area (Å²) in [7, 11) is 0. The van der Waals surface area contributed by atoms with Crippen LogP contribution in [0.3, 0.4) is 0 Å². The lowest BCUT2D eigenvalue weighted by Crippen LogP contribution is -2.54. The second kappa shape index (κ2) is 6.58. The number of nitrogens with zero attached hydrogens (tertiary/aromatic N) is 4. The van der Waals surface area contributed by atoms with Gasteiger partial charge < -0.3 is 10.4 Å². The summed E-state index contributed by atoms with van der Waals surface area (Å²) in [5.74, 6) is -0.797. The van der Waals surface area contributed by atoms with Gasteiger partial charge >= 0.3 is 5.97 Å². The van der Waals surface area contributed by atoms with Crippen molar-refractivity contribution in [1.29, 1.82) is 0 Å². The molecule has 0 aromatic heterocycles. The fourth-order valence-corrected chi connectivity index (χ4v) is 2.20. The van der Waals surface area contributed by atoms with E-state index in [0.717, 1.165) is 6.54 Å². The molecule has 0 aromatic carbocycles. The lowest BCUT2D eigenvalue weighted by atomic mass is 9.98. The van der Waals surface area contributed by atoms with Crippen LogP contribution in [0.4, 0.5) is 0 Å². The highest BCUT2D eigenvalue weighted by molar-refractivity contribution is 5.79. The van der Waals surface area contributed by atoms with Crippen molar-refractivity contribution in [3.05, 3.63) is 10.4 Å². The zero-order valence-corrected chi connectivity index (χ0v) is 11.0. The maximum Gasteiger partial charge on any atom is 0.325 e. The van der Waals surface area contributed by atoms with Gasteiger partial charge in [0.05, 0.1) is 0 Å². The van der Waals surface area contributed by atoms with Crippen LogP contribution in [0.5, 0.6) is 0 Å². The Balaban J connectivity index is 2.50. The highest BCUT2D eigenvalue weighted by Gasteiger charge is 2.44. The summed E-state index contributed by atoms with van der Waals surface area (Å²) in [6.45, 7) is 6.41. The summed E-state index contributed by atoms with van der Waals surface area (Å²) in [5, 5.41) is 15.9. The van der Waals surface area contributed by atoms with Gasteiger partial charge in [-0.2, -0.15) is 0 Å². The first-order chi connectivity index (χ1) is 8.52. The first kappa shape index (κ1) is 14.8. The number of rotatable bonds is 7. The van der Waals surface area contributed by atoms with E-state index in [1.54, 1.807) is 0 Å². The summed E-state index contributed by atoms with van der Waals surface area (Å²) in [4.78, 5) is 16.3.